The maximum atomic E-state index is 3.63. The molecule has 0 amide bonds. The minimum atomic E-state index is 1.16. The summed E-state index contributed by atoms with van der Waals surface area (Å²) < 4.78 is 0. The van der Waals surface area contributed by atoms with E-state index in [4.69, 9.17) is 0 Å². The molecule has 0 bridgehead atoms. The smallest absolute Gasteiger partial charge is 0.0136 e. The Bertz CT molecular complexity index is 98.6. The second-order valence-corrected chi connectivity index (χ2v) is 1.89. The normalized spacial score (nSPS) is 15.7. The predicted molar refractivity (Wildman–Crippen MR) is 32.1 cm³/mol. The maximum absolute atomic E-state index is 3.63. The highest BCUT2D eigenvalue weighted by Gasteiger charge is 2.03. The van der Waals surface area contributed by atoms with Crippen molar-refractivity contribution in [1.29, 1.82) is 0 Å². The van der Waals surface area contributed by atoms with E-state index in [0.29, 0.717) is 0 Å². The Kier molecular flexibility index (Phi) is 1.30. The Labute approximate surface area is 44.5 Å². The molecule has 0 aliphatic heterocycles. The molecule has 1 aliphatic rings. The summed E-state index contributed by atoms with van der Waals surface area (Å²) in [5.74, 6) is 0. The van der Waals surface area contributed by atoms with Crippen LogP contribution in [0.15, 0.2) is 24.3 Å². The zero-order valence-electron chi connectivity index (χ0n) is 4.48. The first kappa shape index (κ1) is 4.63. The van der Waals surface area contributed by atoms with Gasteiger partial charge in [0.1, 0.15) is 0 Å². The third-order valence-electron chi connectivity index (χ3n) is 1.16. The van der Waals surface area contributed by atoms with E-state index in [1.807, 2.05) is 6.08 Å². The van der Waals surface area contributed by atoms with Gasteiger partial charge in [0, 0.05) is 0 Å². The maximum Gasteiger partial charge on any atom is -0.0136 e. The Morgan fingerprint density at radius 2 is 2.57 bits per heavy atom. The molecule has 0 nitrogen and oxygen atoms in total. The van der Waals surface area contributed by atoms with Crippen LogP contribution in [0.25, 0.3) is 0 Å². The molecule has 0 spiro atoms. The van der Waals surface area contributed by atoms with Crippen molar-refractivity contribution in [3.63, 3.8) is 0 Å². The molecule has 0 aromatic carbocycles. The van der Waals surface area contributed by atoms with Crippen LogP contribution in [0.3, 0.4) is 0 Å². The van der Waals surface area contributed by atoms with Gasteiger partial charge < -0.3 is 0 Å². The first-order valence-corrected chi connectivity index (χ1v) is 2.72. The van der Waals surface area contributed by atoms with E-state index in [2.05, 4.69) is 12.7 Å². The first-order valence-electron chi connectivity index (χ1n) is 2.72. The molecule has 0 unspecified atom stereocenters. The number of rotatable bonds is 3. The van der Waals surface area contributed by atoms with Gasteiger partial charge in [0.15, 0.2) is 0 Å². The molecule has 0 fully saturated rings. The third kappa shape index (κ3) is 1.58. The zero-order chi connectivity index (χ0) is 5.11. The van der Waals surface area contributed by atoms with Gasteiger partial charge in [-0.05, 0) is 19.3 Å². The number of hydrogen-bond acceptors (Lipinski definition) is 0. The van der Waals surface area contributed by atoms with Crippen LogP contribution in [0.4, 0.5) is 0 Å². The Balaban J connectivity index is 1.99. The molecule has 38 valence electrons. The molecule has 1 rings (SSSR count). The average molecular weight is 94.2 g/mol. The van der Waals surface area contributed by atoms with Crippen LogP contribution in [0.5, 0.6) is 0 Å². The summed E-state index contributed by atoms with van der Waals surface area (Å²) in [7, 11) is 0. The van der Waals surface area contributed by atoms with Gasteiger partial charge in [0.25, 0.3) is 0 Å². The van der Waals surface area contributed by atoms with E-state index < -0.39 is 0 Å². The van der Waals surface area contributed by atoms with Crippen LogP contribution in [-0.2, 0) is 0 Å². The zero-order valence-corrected chi connectivity index (χ0v) is 4.48. The lowest BCUT2D eigenvalue weighted by atomic mass is 10.2. The highest BCUT2D eigenvalue weighted by molar-refractivity contribution is 5.21. The van der Waals surface area contributed by atoms with Crippen LogP contribution < -0.4 is 0 Å². The fourth-order valence-electron chi connectivity index (χ4n) is 0.564. The van der Waals surface area contributed by atoms with Crippen molar-refractivity contribution >= 4 is 0 Å². The van der Waals surface area contributed by atoms with Crippen molar-refractivity contribution < 1.29 is 0 Å². The highest BCUT2D eigenvalue weighted by atomic mass is 14.1. The van der Waals surface area contributed by atoms with Crippen LogP contribution in [0, 0.1) is 0 Å². The van der Waals surface area contributed by atoms with Crippen molar-refractivity contribution in [1.82, 2.24) is 0 Å². The van der Waals surface area contributed by atoms with Crippen molar-refractivity contribution in [3.8, 4) is 0 Å². The molecule has 0 atom stereocenters. The topological polar surface area (TPSA) is 0 Å². The van der Waals surface area contributed by atoms with Gasteiger partial charge in [-0.1, -0.05) is 17.7 Å². The lowest BCUT2D eigenvalue weighted by Crippen LogP contribution is -1.62. The van der Waals surface area contributed by atoms with Gasteiger partial charge in [0.05, 0.1) is 0 Å². The van der Waals surface area contributed by atoms with Crippen LogP contribution >= 0.6 is 0 Å². The molecule has 0 heterocycles. The fourth-order valence-corrected chi connectivity index (χ4v) is 0.564. The number of hydrogen-bond donors (Lipinski definition) is 0. The summed E-state index contributed by atoms with van der Waals surface area (Å²) in [6, 6.07) is 0. The SMILES string of the molecule is C=CCCC1=CC1. The standard InChI is InChI=1S/C7H10/c1-2-3-4-7-5-6-7/h2,5H,1,3-4,6H2. The molecule has 0 aromatic heterocycles. The molecule has 0 aromatic rings. The summed E-state index contributed by atoms with van der Waals surface area (Å²) in [4.78, 5) is 0. The van der Waals surface area contributed by atoms with E-state index in [9.17, 15) is 0 Å². The molecule has 0 radical (unpaired) electrons. The fraction of sp³-hybridized carbons (Fsp3) is 0.429. The third-order valence-corrected chi connectivity index (χ3v) is 1.16. The van der Waals surface area contributed by atoms with Crippen molar-refractivity contribution in [2.45, 2.75) is 19.3 Å². The Morgan fingerprint density at radius 3 is 3.00 bits per heavy atom. The molecular formula is C7H10. The Morgan fingerprint density at radius 1 is 1.86 bits per heavy atom. The summed E-state index contributed by atoms with van der Waals surface area (Å²) >= 11 is 0. The second kappa shape index (κ2) is 1.97. The molecule has 7 heavy (non-hydrogen) atoms. The van der Waals surface area contributed by atoms with Crippen LogP contribution in [0.2, 0.25) is 0 Å². The van der Waals surface area contributed by atoms with Gasteiger partial charge in [0.2, 0.25) is 0 Å². The second-order valence-electron chi connectivity index (χ2n) is 1.89. The lowest BCUT2D eigenvalue weighted by molar-refractivity contribution is 1.01. The van der Waals surface area contributed by atoms with Gasteiger partial charge in [-0.2, -0.15) is 0 Å². The molecule has 0 saturated heterocycles. The molecule has 0 N–H and O–H groups in total. The average Bonchev–Trinajstić information content (AvgIpc) is 2.42. The lowest BCUT2D eigenvalue weighted by Gasteiger charge is -1.81. The van der Waals surface area contributed by atoms with Crippen LogP contribution in [0.1, 0.15) is 19.3 Å². The van der Waals surface area contributed by atoms with Crippen molar-refractivity contribution in [2.75, 3.05) is 0 Å². The quantitative estimate of drug-likeness (QED) is 0.471. The van der Waals surface area contributed by atoms with Gasteiger partial charge in [-0.3, -0.25) is 0 Å². The summed E-state index contributed by atoms with van der Waals surface area (Å²) in [6.45, 7) is 3.63. The van der Waals surface area contributed by atoms with Gasteiger partial charge >= 0.3 is 0 Å². The summed E-state index contributed by atoms with van der Waals surface area (Å²) in [6.07, 6.45) is 7.92. The molecule has 1 aliphatic carbocycles. The van der Waals surface area contributed by atoms with E-state index >= 15 is 0 Å². The minimum absolute atomic E-state index is 1.16. The van der Waals surface area contributed by atoms with Gasteiger partial charge in [-0.25, -0.2) is 0 Å². The molecule has 0 saturated carbocycles. The minimum Gasteiger partial charge on any atom is -0.103 e. The largest absolute Gasteiger partial charge is 0.103 e. The first-order chi connectivity index (χ1) is 3.43. The van der Waals surface area contributed by atoms with E-state index in [1.54, 1.807) is 5.57 Å². The molecule has 0 heteroatoms. The summed E-state index contributed by atoms with van der Waals surface area (Å²) in [5, 5.41) is 0. The van der Waals surface area contributed by atoms with E-state index in [0.717, 1.165) is 6.42 Å². The Hall–Kier alpha value is -0.520. The summed E-state index contributed by atoms with van der Waals surface area (Å²) in [5.41, 5.74) is 1.61. The van der Waals surface area contributed by atoms with Gasteiger partial charge in [-0.15, -0.1) is 6.58 Å². The van der Waals surface area contributed by atoms with E-state index in [-0.39, 0.29) is 0 Å². The van der Waals surface area contributed by atoms with Crippen molar-refractivity contribution in [3.05, 3.63) is 24.3 Å². The number of allylic oxidation sites excluding steroid dienone is 3. The van der Waals surface area contributed by atoms with Crippen LogP contribution in [-0.4, -0.2) is 0 Å². The predicted octanol–water partition coefficient (Wildman–Crippen LogP) is 2.28. The van der Waals surface area contributed by atoms with Crippen molar-refractivity contribution in [2.24, 2.45) is 0 Å². The van der Waals surface area contributed by atoms with E-state index in [1.165, 1.54) is 12.8 Å². The molecular weight excluding hydrogens is 84.1 g/mol. The monoisotopic (exact) mass is 94.1 g/mol. The highest BCUT2D eigenvalue weighted by Crippen LogP contribution is 2.23.